The maximum Gasteiger partial charge on any atom is 0.242 e. The number of amides is 1. The van der Waals surface area contributed by atoms with E-state index < -0.39 is 17.7 Å². The molecule has 1 amide bonds. The molecule has 1 aromatic carbocycles. The molecular formula is C12H13BrF2N2O. The lowest BCUT2D eigenvalue weighted by Crippen LogP contribution is -2.38. The third-order valence-electron chi connectivity index (χ3n) is 2.86. The van der Waals surface area contributed by atoms with Gasteiger partial charge in [0.2, 0.25) is 5.91 Å². The van der Waals surface area contributed by atoms with Crippen molar-refractivity contribution >= 4 is 27.5 Å². The molecule has 0 aromatic heterocycles. The lowest BCUT2D eigenvalue weighted by Gasteiger charge is -2.17. The average molecular weight is 319 g/mol. The van der Waals surface area contributed by atoms with Crippen molar-refractivity contribution in [3.8, 4) is 0 Å². The van der Waals surface area contributed by atoms with Crippen molar-refractivity contribution in [1.82, 2.24) is 5.32 Å². The Bertz CT molecular complexity index is 444. The third kappa shape index (κ3) is 2.98. The summed E-state index contributed by atoms with van der Waals surface area (Å²) < 4.78 is 27.6. The Morgan fingerprint density at radius 2 is 1.94 bits per heavy atom. The molecule has 1 saturated heterocycles. The minimum Gasteiger partial charge on any atom is -0.369 e. The standard InChI is InChI=1S/C12H13BrF2N2O/c13-7-5-8(14)11(9(15)6-7)17-10-3-1-2-4-16-12(10)18/h5-6,10,17H,1-4H2,(H,16,18). The first kappa shape index (κ1) is 13.3. The van der Waals surface area contributed by atoms with Crippen LogP contribution in [0.3, 0.4) is 0 Å². The molecule has 0 radical (unpaired) electrons. The summed E-state index contributed by atoms with van der Waals surface area (Å²) in [5.74, 6) is -1.63. The van der Waals surface area contributed by atoms with Gasteiger partial charge in [-0.25, -0.2) is 8.78 Å². The van der Waals surface area contributed by atoms with Crippen molar-refractivity contribution in [2.45, 2.75) is 25.3 Å². The summed E-state index contributed by atoms with van der Waals surface area (Å²) >= 11 is 3.01. The summed E-state index contributed by atoms with van der Waals surface area (Å²) in [4.78, 5) is 11.7. The molecule has 1 unspecified atom stereocenters. The SMILES string of the molecule is O=C1NCCCCC1Nc1c(F)cc(Br)cc1F. The Kier molecular flexibility index (Phi) is 4.16. The van der Waals surface area contributed by atoms with E-state index in [0.29, 0.717) is 17.4 Å². The van der Waals surface area contributed by atoms with Gasteiger partial charge in [0.25, 0.3) is 0 Å². The van der Waals surface area contributed by atoms with E-state index in [1.165, 1.54) is 12.1 Å². The van der Waals surface area contributed by atoms with Gasteiger partial charge in [-0.05, 0) is 31.4 Å². The fourth-order valence-electron chi connectivity index (χ4n) is 1.93. The number of hydrogen-bond acceptors (Lipinski definition) is 2. The molecule has 0 saturated carbocycles. The molecule has 1 aliphatic rings. The van der Waals surface area contributed by atoms with Crippen molar-refractivity contribution in [1.29, 1.82) is 0 Å². The van der Waals surface area contributed by atoms with Gasteiger partial charge in [0.1, 0.15) is 23.4 Å². The van der Waals surface area contributed by atoms with Crippen LogP contribution in [0.15, 0.2) is 16.6 Å². The highest BCUT2D eigenvalue weighted by Crippen LogP contribution is 2.25. The summed E-state index contributed by atoms with van der Waals surface area (Å²) in [6.45, 7) is 0.613. The monoisotopic (exact) mass is 318 g/mol. The summed E-state index contributed by atoms with van der Waals surface area (Å²) in [6, 6.07) is 1.75. The smallest absolute Gasteiger partial charge is 0.242 e. The Labute approximate surface area is 112 Å². The zero-order valence-corrected chi connectivity index (χ0v) is 11.2. The van der Waals surface area contributed by atoms with E-state index in [1.807, 2.05) is 0 Å². The highest BCUT2D eigenvalue weighted by atomic mass is 79.9. The second kappa shape index (κ2) is 5.65. The minimum absolute atomic E-state index is 0.214. The Morgan fingerprint density at radius 1 is 1.28 bits per heavy atom. The van der Waals surface area contributed by atoms with Crippen LogP contribution in [-0.2, 0) is 4.79 Å². The Hall–Kier alpha value is -1.17. The number of hydrogen-bond donors (Lipinski definition) is 2. The van der Waals surface area contributed by atoms with E-state index in [1.54, 1.807) is 0 Å². The maximum absolute atomic E-state index is 13.6. The number of nitrogens with one attached hydrogen (secondary N) is 2. The number of rotatable bonds is 2. The quantitative estimate of drug-likeness (QED) is 0.880. The average Bonchev–Trinajstić information content (AvgIpc) is 2.49. The van der Waals surface area contributed by atoms with E-state index >= 15 is 0 Å². The van der Waals surface area contributed by atoms with Crippen LogP contribution in [0.2, 0.25) is 0 Å². The summed E-state index contributed by atoms with van der Waals surface area (Å²) in [5, 5.41) is 5.36. The first-order chi connectivity index (χ1) is 8.58. The fraction of sp³-hybridized carbons (Fsp3) is 0.417. The Morgan fingerprint density at radius 3 is 2.61 bits per heavy atom. The van der Waals surface area contributed by atoms with Crippen LogP contribution < -0.4 is 10.6 Å². The highest BCUT2D eigenvalue weighted by molar-refractivity contribution is 9.10. The van der Waals surface area contributed by atoms with E-state index in [-0.39, 0.29) is 11.6 Å². The zero-order chi connectivity index (χ0) is 13.1. The normalized spacial score (nSPS) is 20.2. The van der Waals surface area contributed by atoms with E-state index in [4.69, 9.17) is 0 Å². The molecule has 3 nitrogen and oxygen atoms in total. The van der Waals surface area contributed by atoms with Crippen molar-refractivity contribution < 1.29 is 13.6 Å². The van der Waals surface area contributed by atoms with Crippen LogP contribution in [0.4, 0.5) is 14.5 Å². The van der Waals surface area contributed by atoms with Crippen LogP contribution in [0.1, 0.15) is 19.3 Å². The summed E-state index contributed by atoms with van der Waals surface area (Å²) in [5.41, 5.74) is -0.250. The molecule has 1 heterocycles. The van der Waals surface area contributed by atoms with Crippen molar-refractivity contribution in [2.24, 2.45) is 0 Å². The van der Waals surface area contributed by atoms with E-state index in [2.05, 4.69) is 26.6 Å². The molecule has 98 valence electrons. The molecule has 6 heteroatoms. The molecular weight excluding hydrogens is 306 g/mol. The van der Waals surface area contributed by atoms with Crippen LogP contribution >= 0.6 is 15.9 Å². The van der Waals surface area contributed by atoms with Crippen molar-refractivity contribution in [3.63, 3.8) is 0 Å². The molecule has 1 atom stereocenters. The minimum atomic E-state index is -0.709. The lowest BCUT2D eigenvalue weighted by atomic mass is 10.1. The van der Waals surface area contributed by atoms with Gasteiger partial charge in [0.15, 0.2) is 0 Å². The molecule has 1 fully saturated rings. The van der Waals surface area contributed by atoms with Crippen molar-refractivity contribution in [3.05, 3.63) is 28.2 Å². The summed E-state index contributed by atoms with van der Waals surface area (Å²) in [6.07, 6.45) is 2.30. The van der Waals surface area contributed by atoms with E-state index in [9.17, 15) is 13.6 Å². The van der Waals surface area contributed by atoms with Gasteiger partial charge < -0.3 is 10.6 Å². The zero-order valence-electron chi connectivity index (χ0n) is 9.60. The topological polar surface area (TPSA) is 41.1 Å². The lowest BCUT2D eigenvalue weighted by molar-refractivity contribution is -0.121. The predicted octanol–water partition coefficient (Wildman–Crippen LogP) is 2.81. The van der Waals surface area contributed by atoms with Gasteiger partial charge in [-0.2, -0.15) is 0 Å². The van der Waals surface area contributed by atoms with Gasteiger partial charge in [-0.3, -0.25) is 4.79 Å². The van der Waals surface area contributed by atoms with Gasteiger partial charge in [-0.1, -0.05) is 15.9 Å². The highest BCUT2D eigenvalue weighted by Gasteiger charge is 2.23. The second-order valence-corrected chi connectivity index (χ2v) is 5.14. The van der Waals surface area contributed by atoms with E-state index in [0.717, 1.165) is 12.8 Å². The molecule has 2 N–H and O–H groups in total. The van der Waals surface area contributed by atoms with Gasteiger partial charge in [-0.15, -0.1) is 0 Å². The van der Waals surface area contributed by atoms with Gasteiger partial charge in [0, 0.05) is 11.0 Å². The number of carbonyl (C=O) groups excluding carboxylic acids is 1. The summed E-state index contributed by atoms with van der Waals surface area (Å²) in [7, 11) is 0. The van der Waals surface area contributed by atoms with Crippen LogP contribution in [0, 0.1) is 11.6 Å². The molecule has 1 aromatic rings. The number of carbonyl (C=O) groups is 1. The maximum atomic E-state index is 13.6. The predicted molar refractivity (Wildman–Crippen MR) is 68.3 cm³/mol. The van der Waals surface area contributed by atoms with Gasteiger partial charge >= 0.3 is 0 Å². The molecule has 0 bridgehead atoms. The first-order valence-electron chi connectivity index (χ1n) is 5.76. The molecule has 0 aliphatic carbocycles. The number of anilines is 1. The second-order valence-electron chi connectivity index (χ2n) is 4.23. The molecule has 2 rings (SSSR count). The third-order valence-corrected chi connectivity index (χ3v) is 3.32. The van der Waals surface area contributed by atoms with Crippen molar-refractivity contribution in [2.75, 3.05) is 11.9 Å². The number of halogens is 3. The van der Waals surface area contributed by atoms with Crippen LogP contribution in [0.5, 0.6) is 0 Å². The Balaban J connectivity index is 2.20. The molecule has 0 spiro atoms. The van der Waals surface area contributed by atoms with Crippen LogP contribution in [0.25, 0.3) is 0 Å². The van der Waals surface area contributed by atoms with Gasteiger partial charge in [0.05, 0.1) is 0 Å². The van der Waals surface area contributed by atoms with Crippen LogP contribution in [-0.4, -0.2) is 18.5 Å². The largest absolute Gasteiger partial charge is 0.369 e. The number of benzene rings is 1. The fourth-order valence-corrected chi connectivity index (χ4v) is 2.33. The molecule has 1 aliphatic heterocycles. The first-order valence-corrected chi connectivity index (χ1v) is 6.56. The molecule has 18 heavy (non-hydrogen) atoms.